The van der Waals surface area contributed by atoms with E-state index in [1.54, 1.807) is 14.0 Å². The highest BCUT2D eigenvalue weighted by molar-refractivity contribution is 5.67. The molecule has 1 fully saturated rings. The summed E-state index contributed by atoms with van der Waals surface area (Å²) in [5.74, 6) is 2.36. The molecule has 2 N–H and O–H groups in total. The highest BCUT2D eigenvalue weighted by Gasteiger charge is 2.59. The number of methoxy groups -OCH3 is 1. The van der Waals surface area contributed by atoms with Crippen molar-refractivity contribution in [2.45, 2.75) is 96.1 Å². The number of ether oxygens (including phenoxy) is 5. The Morgan fingerprint density at radius 2 is 1.77 bits per heavy atom. The van der Waals surface area contributed by atoms with Crippen molar-refractivity contribution in [1.29, 1.82) is 5.26 Å². The van der Waals surface area contributed by atoms with E-state index in [0.29, 0.717) is 59.3 Å². The molecule has 238 valence electrons. The Hall–Kier alpha value is -3.23. The Labute approximate surface area is 260 Å². The number of piperazine rings is 1. The second-order valence-electron chi connectivity index (χ2n) is 12.5. The first-order chi connectivity index (χ1) is 21.3. The molecular weight excluding hydrogens is 562 g/mol. The minimum atomic E-state index is -1.14. The number of hydrogen-bond acceptors (Lipinski definition) is 10. The van der Waals surface area contributed by atoms with Crippen LogP contribution in [0.2, 0.25) is 0 Å². The average Bonchev–Trinajstić information content (AvgIpc) is 3.50. The molecule has 0 radical (unpaired) electrons. The third-order valence-corrected chi connectivity index (χ3v) is 10.00. The number of likely N-dealkylation sites (N-methyl/N-ethyl adjacent to an activating group) is 1. The lowest BCUT2D eigenvalue weighted by Gasteiger charge is -2.61. The van der Waals surface area contributed by atoms with Gasteiger partial charge in [-0.15, -0.1) is 0 Å². The molecule has 2 bridgehead atoms. The first-order valence-electron chi connectivity index (χ1n) is 15.9. The van der Waals surface area contributed by atoms with Crippen molar-refractivity contribution in [1.82, 2.24) is 9.80 Å². The number of aliphatic hydroxyl groups excluding tert-OH is 1. The number of hydrogen-bond donors (Lipinski definition) is 2. The Bertz CT molecular complexity index is 1460. The van der Waals surface area contributed by atoms with Crippen molar-refractivity contribution in [3.05, 3.63) is 39.4 Å². The molecule has 10 nitrogen and oxygen atoms in total. The summed E-state index contributed by atoms with van der Waals surface area (Å²) in [6, 6.07) is 2.63. The molecule has 0 spiro atoms. The summed E-state index contributed by atoms with van der Waals surface area (Å²) >= 11 is 0. The van der Waals surface area contributed by atoms with Gasteiger partial charge in [-0.3, -0.25) is 9.80 Å². The van der Waals surface area contributed by atoms with E-state index in [-0.39, 0.29) is 31.2 Å². The highest BCUT2D eigenvalue weighted by atomic mass is 16.7. The summed E-state index contributed by atoms with van der Waals surface area (Å²) in [6.07, 6.45) is 3.29. The molecule has 4 aliphatic heterocycles. The third-order valence-electron chi connectivity index (χ3n) is 10.00. The lowest BCUT2D eigenvalue weighted by atomic mass is 9.70. The van der Waals surface area contributed by atoms with E-state index in [1.807, 2.05) is 14.0 Å². The number of phenolic OH excluding ortho intramolecular Hbond substituents is 1. The predicted octanol–water partition coefficient (Wildman–Crippen LogP) is 5.00. The van der Waals surface area contributed by atoms with E-state index in [2.05, 4.69) is 35.8 Å². The Morgan fingerprint density at radius 1 is 1.05 bits per heavy atom. The summed E-state index contributed by atoms with van der Waals surface area (Å²) < 4.78 is 30.5. The van der Waals surface area contributed by atoms with Crippen LogP contribution in [-0.4, -0.2) is 78.9 Å². The van der Waals surface area contributed by atoms with Gasteiger partial charge in [-0.25, -0.2) is 0 Å². The molecule has 4 heterocycles. The Morgan fingerprint density at radius 3 is 2.48 bits per heavy atom. The number of phenols is 1. The van der Waals surface area contributed by atoms with E-state index in [1.165, 1.54) is 0 Å². The first-order valence-corrected chi connectivity index (χ1v) is 15.9. The molecule has 6 rings (SSSR count). The molecule has 0 aliphatic carbocycles. The number of fused-ring (bicyclic) bond motifs is 9. The van der Waals surface area contributed by atoms with Crippen LogP contribution in [0.25, 0.3) is 0 Å². The zero-order chi connectivity index (χ0) is 31.3. The van der Waals surface area contributed by atoms with E-state index in [0.717, 1.165) is 42.4 Å². The van der Waals surface area contributed by atoms with Crippen molar-refractivity contribution < 1.29 is 33.9 Å². The molecule has 44 heavy (non-hydrogen) atoms. The number of unbranched alkanes of at least 4 members (excludes halogenated alkanes) is 2. The number of nitriles is 1. The largest absolute Gasteiger partial charge is 0.507 e. The quantitative estimate of drug-likeness (QED) is 0.357. The van der Waals surface area contributed by atoms with Crippen LogP contribution in [0.1, 0.15) is 91.1 Å². The van der Waals surface area contributed by atoms with Gasteiger partial charge in [0.15, 0.2) is 23.0 Å². The molecule has 2 aromatic rings. The van der Waals surface area contributed by atoms with Crippen molar-refractivity contribution in [2.75, 3.05) is 40.8 Å². The van der Waals surface area contributed by atoms with E-state index < -0.39 is 24.2 Å². The minimum absolute atomic E-state index is 0.00909. The van der Waals surface area contributed by atoms with Crippen LogP contribution in [0.3, 0.4) is 0 Å². The van der Waals surface area contributed by atoms with Gasteiger partial charge in [0.05, 0.1) is 44.5 Å². The van der Waals surface area contributed by atoms with E-state index in [4.69, 9.17) is 23.7 Å². The van der Waals surface area contributed by atoms with Crippen LogP contribution in [0.5, 0.6) is 28.7 Å². The number of aryl methyl sites for hydroxylation is 1. The second kappa shape index (κ2) is 12.3. The van der Waals surface area contributed by atoms with Gasteiger partial charge >= 0.3 is 0 Å². The molecule has 1 saturated heterocycles. The third kappa shape index (κ3) is 4.59. The van der Waals surface area contributed by atoms with Crippen LogP contribution in [0.4, 0.5) is 0 Å². The normalized spacial score (nSPS) is 26.9. The SMILES string of the molecule is CCCCOC[C@H]1c2c3c(c(C)c(O)c2[C@H](O)[C@H]2[C@@H]4c5c(cc(C)c(OC)c5OCCCC)CC([C@H](C#N)N21)N4C)OCO3. The predicted molar refractivity (Wildman–Crippen MR) is 164 cm³/mol. The number of benzene rings is 2. The van der Waals surface area contributed by atoms with Gasteiger partial charge in [0.25, 0.3) is 0 Å². The van der Waals surface area contributed by atoms with Crippen molar-refractivity contribution in [3.63, 3.8) is 0 Å². The average molecular weight is 608 g/mol. The first kappa shape index (κ1) is 30.8. The molecule has 6 atom stereocenters. The van der Waals surface area contributed by atoms with Gasteiger partial charge < -0.3 is 33.9 Å². The summed E-state index contributed by atoms with van der Waals surface area (Å²) in [7, 11) is 3.69. The van der Waals surface area contributed by atoms with Gasteiger partial charge in [0.1, 0.15) is 17.9 Å². The minimum Gasteiger partial charge on any atom is -0.507 e. The second-order valence-corrected chi connectivity index (χ2v) is 12.5. The summed E-state index contributed by atoms with van der Waals surface area (Å²) in [4.78, 5) is 4.36. The molecule has 10 heteroatoms. The van der Waals surface area contributed by atoms with Crippen molar-refractivity contribution in [2.24, 2.45) is 0 Å². The van der Waals surface area contributed by atoms with Crippen LogP contribution in [0.15, 0.2) is 6.07 Å². The maximum Gasteiger partial charge on any atom is 0.231 e. The van der Waals surface area contributed by atoms with Gasteiger partial charge in [0, 0.05) is 34.9 Å². The lowest BCUT2D eigenvalue weighted by Crippen LogP contribution is -2.69. The zero-order valence-corrected chi connectivity index (χ0v) is 26.7. The smallest absolute Gasteiger partial charge is 0.231 e. The fraction of sp³-hybridized carbons (Fsp3) is 0.618. The van der Waals surface area contributed by atoms with Gasteiger partial charge in [-0.05, 0) is 51.3 Å². The van der Waals surface area contributed by atoms with Gasteiger partial charge in [0.2, 0.25) is 6.79 Å². The van der Waals surface area contributed by atoms with Crippen LogP contribution in [-0.2, 0) is 11.2 Å². The molecule has 2 aromatic carbocycles. The van der Waals surface area contributed by atoms with Crippen LogP contribution < -0.4 is 18.9 Å². The van der Waals surface area contributed by atoms with Crippen molar-refractivity contribution >= 4 is 0 Å². The highest BCUT2D eigenvalue weighted by Crippen LogP contribution is 2.61. The molecule has 0 amide bonds. The van der Waals surface area contributed by atoms with Crippen molar-refractivity contribution in [3.8, 4) is 34.8 Å². The Kier molecular flexibility index (Phi) is 8.59. The number of aliphatic hydroxyl groups is 1. The molecule has 0 aromatic heterocycles. The number of aromatic hydroxyl groups is 1. The number of nitrogens with zero attached hydrogens (tertiary/aromatic N) is 3. The fourth-order valence-corrected chi connectivity index (χ4v) is 7.90. The molecular formula is C34H45N3O7. The van der Waals surface area contributed by atoms with Gasteiger partial charge in [-0.2, -0.15) is 5.26 Å². The monoisotopic (exact) mass is 607 g/mol. The zero-order valence-electron chi connectivity index (χ0n) is 26.7. The maximum atomic E-state index is 12.4. The molecule has 0 saturated carbocycles. The molecule has 1 unspecified atom stereocenters. The standard InChI is InChI=1S/C34H45N3O7/c1-7-9-11-41-16-23-25-26(29(38)19(4)32-34(25)44-17-43-32)30(39)28-27-24-20(14-21(36(27)5)22(15-35)37(23)28)13-18(3)31(40-6)33(24)42-12-10-8-2/h13,21-23,27-28,30,38-39H,7-12,14,16-17H2,1-6H3/t21?,22-,23-,27-,28+,30-/m0/s1. The van der Waals surface area contributed by atoms with Crippen LogP contribution in [0, 0.1) is 25.2 Å². The fourth-order valence-electron chi connectivity index (χ4n) is 7.90. The summed E-state index contributed by atoms with van der Waals surface area (Å²) in [5.41, 5.74) is 4.63. The van der Waals surface area contributed by atoms with E-state index in [9.17, 15) is 15.5 Å². The molecule has 4 aliphatic rings. The Balaban J connectivity index is 1.58. The van der Waals surface area contributed by atoms with E-state index >= 15 is 0 Å². The number of rotatable bonds is 10. The summed E-state index contributed by atoms with van der Waals surface area (Å²) in [5, 5.41) is 34.9. The lowest BCUT2D eigenvalue weighted by molar-refractivity contribution is -0.131. The topological polar surface area (TPSA) is 117 Å². The van der Waals surface area contributed by atoms with Crippen LogP contribution >= 0.6 is 0 Å². The van der Waals surface area contributed by atoms with Gasteiger partial charge in [-0.1, -0.05) is 32.8 Å². The summed E-state index contributed by atoms with van der Waals surface area (Å²) in [6.45, 7) is 9.46. The maximum absolute atomic E-state index is 12.4.